The monoisotopic (exact) mass is 251 g/mol. The SMILES string of the molecule is CC(C)CN(CC(=O)O)c1ccc(C(N)=O)cn1. The summed E-state index contributed by atoms with van der Waals surface area (Å²) in [5, 5.41) is 8.86. The maximum atomic E-state index is 10.9. The molecule has 0 aliphatic rings. The maximum absolute atomic E-state index is 10.9. The summed E-state index contributed by atoms with van der Waals surface area (Å²) in [6, 6.07) is 3.14. The molecule has 0 aliphatic heterocycles. The number of nitrogens with two attached hydrogens (primary N) is 1. The summed E-state index contributed by atoms with van der Waals surface area (Å²) in [4.78, 5) is 27.4. The minimum atomic E-state index is -0.920. The van der Waals surface area contributed by atoms with Gasteiger partial charge in [0.1, 0.15) is 12.4 Å². The van der Waals surface area contributed by atoms with Crippen LogP contribution in [0.15, 0.2) is 18.3 Å². The third kappa shape index (κ3) is 4.04. The zero-order valence-corrected chi connectivity index (χ0v) is 10.5. The van der Waals surface area contributed by atoms with Gasteiger partial charge in [0.25, 0.3) is 0 Å². The van der Waals surface area contributed by atoms with Gasteiger partial charge in [0, 0.05) is 12.7 Å². The first-order chi connectivity index (χ1) is 8.40. The number of carboxylic acid groups (broad SMARTS) is 1. The van der Waals surface area contributed by atoms with Crippen LogP contribution in [0, 0.1) is 5.92 Å². The molecule has 1 amide bonds. The number of hydrogen-bond acceptors (Lipinski definition) is 4. The highest BCUT2D eigenvalue weighted by Gasteiger charge is 2.13. The van der Waals surface area contributed by atoms with E-state index in [9.17, 15) is 9.59 Å². The molecule has 1 rings (SSSR count). The molecule has 0 radical (unpaired) electrons. The highest BCUT2D eigenvalue weighted by molar-refractivity contribution is 5.92. The van der Waals surface area contributed by atoms with Crippen LogP contribution < -0.4 is 10.6 Å². The number of primary amides is 1. The van der Waals surface area contributed by atoms with Gasteiger partial charge < -0.3 is 15.7 Å². The molecule has 0 unspecified atom stereocenters. The molecule has 0 saturated heterocycles. The number of carboxylic acids is 1. The van der Waals surface area contributed by atoms with E-state index in [1.165, 1.54) is 6.20 Å². The van der Waals surface area contributed by atoms with Crippen LogP contribution in [-0.2, 0) is 4.79 Å². The number of amides is 1. The first-order valence-electron chi connectivity index (χ1n) is 5.62. The van der Waals surface area contributed by atoms with Crippen molar-refractivity contribution in [3.8, 4) is 0 Å². The summed E-state index contributed by atoms with van der Waals surface area (Å²) in [6.45, 7) is 4.44. The van der Waals surface area contributed by atoms with Crippen LogP contribution in [0.3, 0.4) is 0 Å². The topological polar surface area (TPSA) is 96.5 Å². The lowest BCUT2D eigenvalue weighted by Gasteiger charge is -2.23. The number of carbonyl (C=O) groups is 2. The Hall–Kier alpha value is -2.11. The standard InChI is InChI=1S/C12H17N3O3/c1-8(2)6-15(7-11(16)17)10-4-3-9(5-14-10)12(13)18/h3-5,8H,6-7H2,1-2H3,(H2,13,18)(H,16,17). The van der Waals surface area contributed by atoms with Crippen LogP contribution in [0.5, 0.6) is 0 Å². The summed E-state index contributed by atoms with van der Waals surface area (Å²) in [5.74, 6) is -0.641. The second-order valence-electron chi connectivity index (χ2n) is 4.44. The first kappa shape index (κ1) is 14.0. The molecule has 1 heterocycles. The van der Waals surface area contributed by atoms with E-state index in [1.54, 1.807) is 17.0 Å². The van der Waals surface area contributed by atoms with Gasteiger partial charge in [-0.15, -0.1) is 0 Å². The number of carbonyl (C=O) groups excluding carboxylic acids is 1. The molecule has 6 nitrogen and oxygen atoms in total. The van der Waals surface area contributed by atoms with Crippen molar-refractivity contribution in [2.24, 2.45) is 11.7 Å². The van der Waals surface area contributed by atoms with E-state index in [0.717, 1.165) is 0 Å². The summed E-state index contributed by atoms with van der Waals surface area (Å²) in [6.07, 6.45) is 1.35. The molecule has 0 spiro atoms. The molecule has 1 aromatic heterocycles. The molecule has 1 aromatic rings. The van der Waals surface area contributed by atoms with Gasteiger partial charge in [-0.3, -0.25) is 9.59 Å². The fraction of sp³-hybridized carbons (Fsp3) is 0.417. The summed E-state index contributed by atoms with van der Waals surface area (Å²) in [5.41, 5.74) is 5.42. The molecule has 3 N–H and O–H groups in total. The normalized spacial score (nSPS) is 10.4. The largest absolute Gasteiger partial charge is 0.480 e. The quantitative estimate of drug-likeness (QED) is 0.776. The zero-order chi connectivity index (χ0) is 13.7. The average molecular weight is 251 g/mol. The van der Waals surface area contributed by atoms with Gasteiger partial charge in [0.2, 0.25) is 5.91 Å². The average Bonchev–Trinajstić information content (AvgIpc) is 2.27. The lowest BCUT2D eigenvalue weighted by Crippen LogP contribution is -2.33. The molecule has 98 valence electrons. The molecule has 0 aliphatic carbocycles. The van der Waals surface area contributed by atoms with Gasteiger partial charge >= 0.3 is 5.97 Å². The maximum Gasteiger partial charge on any atom is 0.323 e. The van der Waals surface area contributed by atoms with Gasteiger partial charge in [-0.25, -0.2) is 4.98 Å². The Morgan fingerprint density at radius 3 is 2.50 bits per heavy atom. The molecule has 0 bridgehead atoms. The second-order valence-corrected chi connectivity index (χ2v) is 4.44. The van der Waals surface area contributed by atoms with Crippen molar-refractivity contribution in [2.75, 3.05) is 18.0 Å². The molecular weight excluding hydrogens is 234 g/mol. The smallest absolute Gasteiger partial charge is 0.323 e. The van der Waals surface area contributed by atoms with Gasteiger partial charge in [-0.2, -0.15) is 0 Å². The van der Waals surface area contributed by atoms with E-state index in [0.29, 0.717) is 23.8 Å². The van der Waals surface area contributed by atoms with E-state index in [2.05, 4.69) is 4.98 Å². The van der Waals surface area contributed by atoms with E-state index in [1.807, 2.05) is 13.8 Å². The van der Waals surface area contributed by atoms with E-state index >= 15 is 0 Å². The number of aliphatic carboxylic acids is 1. The van der Waals surface area contributed by atoms with Crippen LogP contribution in [0.1, 0.15) is 24.2 Å². The Morgan fingerprint density at radius 1 is 1.44 bits per heavy atom. The molecular formula is C12H17N3O3. The molecule has 18 heavy (non-hydrogen) atoms. The lowest BCUT2D eigenvalue weighted by molar-refractivity contribution is -0.135. The molecule has 6 heteroatoms. The summed E-state index contributed by atoms with van der Waals surface area (Å²) in [7, 11) is 0. The number of aromatic nitrogens is 1. The van der Waals surface area contributed by atoms with Crippen molar-refractivity contribution in [2.45, 2.75) is 13.8 Å². The minimum Gasteiger partial charge on any atom is -0.480 e. The third-order valence-electron chi connectivity index (χ3n) is 2.27. The van der Waals surface area contributed by atoms with Crippen molar-refractivity contribution < 1.29 is 14.7 Å². The van der Waals surface area contributed by atoms with Crippen molar-refractivity contribution in [3.63, 3.8) is 0 Å². The fourth-order valence-corrected chi connectivity index (χ4v) is 1.56. The second kappa shape index (κ2) is 6.00. The van der Waals surface area contributed by atoms with Crippen molar-refractivity contribution in [1.82, 2.24) is 4.98 Å². The Kier molecular flexibility index (Phi) is 4.65. The zero-order valence-electron chi connectivity index (χ0n) is 10.5. The van der Waals surface area contributed by atoms with Crippen molar-refractivity contribution in [3.05, 3.63) is 23.9 Å². The van der Waals surface area contributed by atoms with E-state index < -0.39 is 11.9 Å². The Morgan fingerprint density at radius 2 is 2.11 bits per heavy atom. The highest BCUT2D eigenvalue weighted by Crippen LogP contribution is 2.13. The van der Waals surface area contributed by atoms with E-state index in [4.69, 9.17) is 10.8 Å². The predicted octanol–water partition coefficient (Wildman–Crippen LogP) is 0.727. The molecule has 0 fully saturated rings. The minimum absolute atomic E-state index is 0.124. The number of hydrogen-bond donors (Lipinski definition) is 2. The van der Waals surface area contributed by atoms with Crippen LogP contribution in [0.2, 0.25) is 0 Å². The van der Waals surface area contributed by atoms with Gasteiger partial charge in [-0.05, 0) is 18.1 Å². The number of anilines is 1. The first-order valence-corrected chi connectivity index (χ1v) is 5.62. The van der Waals surface area contributed by atoms with Gasteiger partial charge in [0.15, 0.2) is 0 Å². The van der Waals surface area contributed by atoms with Crippen molar-refractivity contribution >= 4 is 17.7 Å². The molecule has 0 aromatic carbocycles. The Bertz CT molecular complexity index is 429. The summed E-state index contributed by atoms with van der Waals surface area (Å²) >= 11 is 0. The predicted molar refractivity (Wildman–Crippen MR) is 67.4 cm³/mol. The Balaban J connectivity index is 2.90. The highest BCUT2D eigenvalue weighted by atomic mass is 16.4. The fourth-order valence-electron chi connectivity index (χ4n) is 1.56. The van der Waals surface area contributed by atoms with Gasteiger partial charge in [-0.1, -0.05) is 13.8 Å². The van der Waals surface area contributed by atoms with Gasteiger partial charge in [0.05, 0.1) is 5.56 Å². The van der Waals surface area contributed by atoms with Crippen LogP contribution in [-0.4, -0.2) is 35.1 Å². The number of nitrogens with zero attached hydrogens (tertiary/aromatic N) is 2. The van der Waals surface area contributed by atoms with Crippen LogP contribution in [0.25, 0.3) is 0 Å². The molecule has 0 atom stereocenters. The summed E-state index contributed by atoms with van der Waals surface area (Å²) < 4.78 is 0. The van der Waals surface area contributed by atoms with Crippen LogP contribution >= 0.6 is 0 Å². The Labute approximate surface area is 105 Å². The lowest BCUT2D eigenvalue weighted by atomic mass is 10.2. The third-order valence-corrected chi connectivity index (χ3v) is 2.27. The van der Waals surface area contributed by atoms with E-state index in [-0.39, 0.29) is 6.54 Å². The van der Waals surface area contributed by atoms with Crippen molar-refractivity contribution in [1.29, 1.82) is 0 Å². The molecule has 0 saturated carbocycles. The number of pyridine rings is 1. The number of rotatable bonds is 6. The van der Waals surface area contributed by atoms with Crippen LogP contribution in [0.4, 0.5) is 5.82 Å².